The van der Waals surface area contributed by atoms with Crippen LogP contribution in [0.4, 0.5) is 0 Å². The van der Waals surface area contributed by atoms with Gasteiger partial charge >= 0.3 is 11.9 Å². The molecule has 8 atom stereocenters. The number of carbonyl (C=O) groups excluding carboxylic acids is 2. The van der Waals surface area contributed by atoms with Crippen molar-refractivity contribution in [1.82, 2.24) is 0 Å². The fourth-order valence-electron chi connectivity index (χ4n) is 8.89. The van der Waals surface area contributed by atoms with E-state index >= 15 is 0 Å². The van der Waals surface area contributed by atoms with Crippen LogP contribution in [-0.4, -0.2) is 11.9 Å². The van der Waals surface area contributed by atoms with Crippen LogP contribution in [0.25, 0.3) is 0 Å². The first-order valence-electron chi connectivity index (χ1n) is 12.9. The lowest BCUT2D eigenvalue weighted by Crippen LogP contribution is -2.52. The molecule has 3 aliphatic carbocycles. The number of carbonyl (C=O) groups is 2. The predicted octanol–water partition coefficient (Wildman–Crippen LogP) is 6.79. The van der Waals surface area contributed by atoms with Crippen molar-refractivity contribution in [2.24, 2.45) is 52.3 Å². The minimum Gasteiger partial charge on any atom is -0.393 e. The van der Waals surface area contributed by atoms with Gasteiger partial charge < -0.3 is 4.74 Å². The van der Waals surface area contributed by atoms with Crippen molar-refractivity contribution in [1.29, 1.82) is 0 Å². The van der Waals surface area contributed by atoms with E-state index in [1.807, 2.05) is 0 Å². The van der Waals surface area contributed by atoms with Gasteiger partial charge in [-0.15, -0.1) is 0 Å². The van der Waals surface area contributed by atoms with E-state index in [9.17, 15) is 9.59 Å². The minimum atomic E-state index is -0.288. The molecule has 30 heavy (non-hydrogen) atoms. The largest absolute Gasteiger partial charge is 0.393 e. The summed E-state index contributed by atoms with van der Waals surface area (Å²) in [6, 6.07) is 0. The average Bonchev–Trinajstić information content (AvgIpc) is 2.94. The summed E-state index contributed by atoms with van der Waals surface area (Å²) < 4.78 is 5.08. The van der Waals surface area contributed by atoms with Gasteiger partial charge in [-0.05, 0) is 90.8 Å². The summed E-state index contributed by atoms with van der Waals surface area (Å²) in [5.41, 5.74) is 0.428. The molecule has 4 fully saturated rings. The smallest absolute Gasteiger partial charge is 0.314 e. The first-order chi connectivity index (χ1) is 14.1. The van der Waals surface area contributed by atoms with Gasteiger partial charge in [0.1, 0.15) is 0 Å². The maximum Gasteiger partial charge on any atom is 0.314 e. The SMILES string of the molecule is CC(C)CCC[C@@H](C)[C@@H]1CC[C@@H]2[C@@H]3CC[C@H]4CC(=O)OC(=O)C[C@]4(C)[C@@H]3CC[C@]21C. The molecule has 3 nitrogen and oxygen atoms in total. The Labute approximate surface area is 184 Å². The van der Waals surface area contributed by atoms with E-state index < -0.39 is 0 Å². The van der Waals surface area contributed by atoms with E-state index in [1.165, 1.54) is 51.4 Å². The van der Waals surface area contributed by atoms with Crippen molar-refractivity contribution in [2.75, 3.05) is 0 Å². The molecule has 4 rings (SSSR count). The van der Waals surface area contributed by atoms with Crippen LogP contribution in [0, 0.1) is 52.3 Å². The summed E-state index contributed by atoms with van der Waals surface area (Å²) in [5, 5.41) is 0. The second-order valence-electron chi connectivity index (χ2n) is 12.4. The van der Waals surface area contributed by atoms with E-state index in [2.05, 4.69) is 34.6 Å². The molecular weight excluding hydrogens is 372 g/mol. The quantitative estimate of drug-likeness (QED) is 0.366. The third kappa shape index (κ3) is 3.77. The molecule has 1 saturated heterocycles. The molecule has 0 unspecified atom stereocenters. The Balaban J connectivity index is 1.50. The van der Waals surface area contributed by atoms with E-state index in [1.54, 1.807) is 0 Å². The Hall–Kier alpha value is -0.860. The molecule has 1 heterocycles. The number of fused-ring (bicyclic) bond motifs is 5. The fourth-order valence-corrected chi connectivity index (χ4v) is 8.89. The predicted molar refractivity (Wildman–Crippen MR) is 120 cm³/mol. The maximum atomic E-state index is 12.4. The molecular formula is C27H44O3. The van der Waals surface area contributed by atoms with Crippen LogP contribution in [0.3, 0.4) is 0 Å². The molecule has 1 aliphatic heterocycles. The molecule has 0 aromatic rings. The summed E-state index contributed by atoms with van der Waals surface area (Å²) in [7, 11) is 0. The fraction of sp³-hybridized carbons (Fsp3) is 0.926. The third-order valence-electron chi connectivity index (χ3n) is 10.4. The Kier molecular flexibility index (Phi) is 6.14. The highest BCUT2D eigenvalue weighted by atomic mass is 16.6. The summed E-state index contributed by atoms with van der Waals surface area (Å²) >= 11 is 0. The summed E-state index contributed by atoms with van der Waals surface area (Å²) in [6.45, 7) is 12.1. The van der Waals surface area contributed by atoms with Gasteiger partial charge in [0.2, 0.25) is 0 Å². The molecule has 4 aliphatic rings. The van der Waals surface area contributed by atoms with E-state index in [0.29, 0.717) is 30.1 Å². The molecule has 0 N–H and O–H groups in total. The van der Waals surface area contributed by atoms with Crippen LogP contribution < -0.4 is 0 Å². The standard InChI is InChI=1S/C27H44O3/c1-17(2)7-6-8-18(3)21-11-12-22-20-10-9-19-15-24(28)30-25(29)16-27(19,5)23(20)13-14-26(21,22)4/h17-23H,6-16H2,1-5H3/t18-,19+,20+,21+,22-,23-,26+,27+/m1/s1. The molecule has 0 amide bonds. The van der Waals surface area contributed by atoms with Crippen LogP contribution in [0.15, 0.2) is 0 Å². The monoisotopic (exact) mass is 416 g/mol. The molecule has 0 aromatic heterocycles. The van der Waals surface area contributed by atoms with Gasteiger partial charge in [0, 0.05) is 6.42 Å². The van der Waals surface area contributed by atoms with Crippen molar-refractivity contribution in [3.63, 3.8) is 0 Å². The molecule has 0 aromatic carbocycles. The number of esters is 2. The minimum absolute atomic E-state index is 0.0472. The molecule has 0 radical (unpaired) electrons. The highest BCUT2D eigenvalue weighted by molar-refractivity contribution is 5.87. The molecule has 3 heteroatoms. The van der Waals surface area contributed by atoms with Gasteiger partial charge in [-0.25, -0.2) is 0 Å². The Morgan fingerprint density at radius 2 is 1.63 bits per heavy atom. The van der Waals surface area contributed by atoms with Gasteiger partial charge in [0.05, 0.1) is 6.42 Å². The molecule has 170 valence electrons. The van der Waals surface area contributed by atoms with Crippen LogP contribution in [0.5, 0.6) is 0 Å². The zero-order chi connectivity index (χ0) is 21.7. The highest BCUT2D eigenvalue weighted by Crippen LogP contribution is 2.67. The molecule has 3 saturated carbocycles. The summed E-state index contributed by atoms with van der Waals surface area (Å²) in [4.78, 5) is 24.5. The van der Waals surface area contributed by atoms with Crippen molar-refractivity contribution in [2.45, 2.75) is 105 Å². The Morgan fingerprint density at radius 3 is 2.37 bits per heavy atom. The first kappa shape index (κ1) is 22.3. The summed E-state index contributed by atoms with van der Waals surface area (Å²) in [5.74, 6) is 4.39. The van der Waals surface area contributed by atoms with Gasteiger partial charge in [-0.3, -0.25) is 9.59 Å². The lowest BCUT2D eigenvalue weighted by Gasteiger charge is -2.58. The first-order valence-corrected chi connectivity index (χ1v) is 12.9. The van der Waals surface area contributed by atoms with Crippen LogP contribution in [0.1, 0.15) is 105 Å². The number of hydrogen-bond donors (Lipinski definition) is 0. The number of rotatable bonds is 5. The highest BCUT2D eigenvalue weighted by Gasteiger charge is 2.61. The van der Waals surface area contributed by atoms with E-state index in [4.69, 9.17) is 4.74 Å². The Morgan fingerprint density at radius 1 is 0.900 bits per heavy atom. The second kappa shape index (κ2) is 8.24. The topological polar surface area (TPSA) is 43.4 Å². The van der Waals surface area contributed by atoms with Gasteiger partial charge in [-0.1, -0.05) is 53.9 Å². The molecule has 0 bridgehead atoms. The maximum absolute atomic E-state index is 12.4. The van der Waals surface area contributed by atoms with E-state index in [-0.39, 0.29) is 17.4 Å². The lowest BCUT2D eigenvalue weighted by atomic mass is 9.46. The van der Waals surface area contributed by atoms with Crippen LogP contribution >= 0.6 is 0 Å². The third-order valence-corrected chi connectivity index (χ3v) is 10.4. The van der Waals surface area contributed by atoms with Crippen molar-refractivity contribution in [3.05, 3.63) is 0 Å². The normalized spacial score (nSPS) is 44.7. The van der Waals surface area contributed by atoms with Crippen molar-refractivity contribution in [3.8, 4) is 0 Å². The Bertz CT molecular complexity index is 669. The lowest BCUT2D eigenvalue weighted by molar-refractivity contribution is -0.159. The zero-order valence-corrected chi connectivity index (χ0v) is 20.0. The van der Waals surface area contributed by atoms with Crippen molar-refractivity contribution < 1.29 is 14.3 Å². The summed E-state index contributed by atoms with van der Waals surface area (Å²) in [6.07, 6.45) is 12.7. The second-order valence-corrected chi connectivity index (χ2v) is 12.4. The van der Waals surface area contributed by atoms with Crippen molar-refractivity contribution >= 4 is 11.9 Å². The van der Waals surface area contributed by atoms with Crippen LogP contribution in [-0.2, 0) is 14.3 Å². The number of hydrogen-bond acceptors (Lipinski definition) is 3. The van der Waals surface area contributed by atoms with Gasteiger partial charge in [-0.2, -0.15) is 0 Å². The van der Waals surface area contributed by atoms with E-state index in [0.717, 1.165) is 36.0 Å². The average molecular weight is 417 g/mol. The zero-order valence-electron chi connectivity index (χ0n) is 20.0. The van der Waals surface area contributed by atoms with Crippen LogP contribution in [0.2, 0.25) is 0 Å². The van der Waals surface area contributed by atoms with Gasteiger partial charge in [0.25, 0.3) is 0 Å². The molecule has 0 spiro atoms. The number of ether oxygens (including phenoxy) is 1. The number of cyclic esters (lactones) is 2. The van der Waals surface area contributed by atoms with Gasteiger partial charge in [0.15, 0.2) is 0 Å².